The lowest BCUT2D eigenvalue weighted by Gasteiger charge is -2.34. The van der Waals surface area contributed by atoms with Crippen LogP contribution in [0.2, 0.25) is 5.15 Å². The third kappa shape index (κ3) is 2.82. The molecule has 1 aliphatic rings. The molecule has 2 heterocycles. The topological polar surface area (TPSA) is 88.4 Å². The van der Waals surface area contributed by atoms with E-state index in [0.29, 0.717) is 19.6 Å². The molecule has 1 aromatic heterocycles. The van der Waals surface area contributed by atoms with E-state index in [4.69, 9.17) is 11.6 Å². The van der Waals surface area contributed by atoms with Gasteiger partial charge in [0, 0.05) is 31.7 Å². The maximum absolute atomic E-state index is 12.4. The summed E-state index contributed by atoms with van der Waals surface area (Å²) in [4.78, 5) is 27.8. The third-order valence-corrected chi connectivity index (χ3v) is 3.33. The van der Waals surface area contributed by atoms with E-state index in [1.165, 1.54) is 6.07 Å². The molecule has 0 aliphatic carbocycles. The Bertz CT molecular complexity index is 523. The highest BCUT2D eigenvalue weighted by molar-refractivity contribution is 6.32. The summed E-state index contributed by atoms with van der Waals surface area (Å²) in [7, 11) is 0. The van der Waals surface area contributed by atoms with Gasteiger partial charge in [0.05, 0.1) is 10.5 Å². The summed E-state index contributed by atoms with van der Waals surface area (Å²) in [5, 5.41) is 13.9. The Morgan fingerprint density at radius 2 is 2.42 bits per heavy atom. The second kappa shape index (κ2) is 5.50. The third-order valence-electron chi connectivity index (χ3n) is 3.03. The van der Waals surface area contributed by atoms with Gasteiger partial charge in [0.2, 0.25) is 0 Å². The van der Waals surface area contributed by atoms with Gasteiger partial charge in [0.1, 0.15) is 11.3 Å². The zero-order chi connectivity index (χ0) is 14.0. The Hall–Kier alpha value is -1.73. The molecule has 2 rings (SSSR count). The molecule has 8 heteroatoms. The van der Waals surface area contributed by atoms with Crippen LogP contribution in [0.4, 0.5) is 5.69 Å². The van der Waals surface area contributed by atoms with E-state index in [0.717, 1.165) is 6.20 Å². The normalized spacial score (nSPS) is 19.3. The average molecular weight is 285 g/mol. The number of piperazine rings is 1. The van der Waals surface area contributed by atoms with E-state index >= 15 is 0 Å². The van der Waals surface area contributed by atoms with Crippen LogP contribution in [0.25, 0.3) is 0 Å². The van der Waals surface area contributed by atoms with Crippen molar-refractivity contribution in [3.05, 3.63) is 33.1 Å². The number of pyridine rings is 1. The minimum absolute atomic E-state index is 0.0107. The number of nitro groups is 1. The molecule has 1 aliphatic heterocycles. The summed E-state index contributed by atoms with van der Waals surface area (Å²) in [6, 6.07) is 1.18. The zero-order valence-electron chi connectivity index (χ0n) is 10.3. The summed E-state index contributed by atoms with van der Waals surface area (Å²) in [6.07, 6.45) is 1.04. The summed E-state index contributed by atoms with van der Waals surface area (Å²) in [5.41, 5.74) is -0.167. The van der Waals surface area contributed by atoms with Crippen molar-refractivity contribution >= 4 is 23.2 Å². The predicted octanol–water partition coefficient (Wildman–Crippen LogP) is 1.08. The fourth-order valence-corrected chi connectivity index (χ4v) is 2.17. The second-order valence-corrected chi connectivity index (χ2v) is 4.70. The fraction of sp³-hybridized carbons (Fsp3) is 0.455. The van der Waals surface area contributed by atoms with E-state index in [1.54, 1.807) is 4.90 Å². The molecular formula is C11H13ClN4O3. The van der Waals surface area contributed by atoms with Crippen molar-refractivity contribution in [2.24, 2.45) is 0 Å². The molecule has 7 nitrogen and oxygen atoms in total. The van der Waals surface area contributed by atoms with Gasteiger partial charge in [-0.15, -0.1) is 0 Å². The number of amides is 1. The lowest BCUT2D eigenvalue weighted by molar-refractivity contribution is -0.385. The minimum Gasteiger partial charge on any atom is -0.333 e. The van der Waals surface area contributed by atoms with Gasteiger partial charge in [-0.1, -0.05) is 11.6 Å². The monoisotopic (exact) mass is 284 g/mol. The maximum Gasteiger partial charge on any atom is 0.288 e. The number of carbonyl (C=O) groups excluding carboxylic acids is 1. The SMILES string of the molecule is CC1CNCCN1C(=O)c1cc([N+](=O)[O-])cnc1Cl. The molecule has 1 saturated heterocycles. The smallest absolute Gasteiger partial charge is 0.288 e. The Morgan fingerprint density at radius 3 is 3.05 bits per heavy atom. The number of hydrogen-bond acceptors (Lipinski definition) is 5. The van der Waals surface area contributed by atoms with E-state index in [1.807, 2.05) is 6.92 Å². The number of carbonyl (C=O) groups is 1. The zero-order valence-corrected chi connectivity index (χ0v) is 11.1. The van der Waals surface area contributed by atoms with Crippen LogP contribution in [0.1, 0.15) is 17.3 Å². The molecule has 102 valence electrons. The van der Waals surface area contributed by atoms with E-state index in [-0.39, 0.29) is 28.4 Å². The molecule has 1 amide bonds. The predicted molar refractivity (Wildman–Crippen MR) is 69.3 cm³/mol. The number of halogens is 1. The van der Waals surface area contributed by atoms with Crippen molar-refractivity contribution in [1.82, 2.24) is 15.2 Å². The summed E-state index contributed by atoms with van der Waals surface area (Å²) >= 11 is 5.87. The van der Waals surface area contributed by atoms with Gasteiger partial charge < -0.3 is 10.2 Å². The van der Waals surface area contributed by atoms with Gasteiger partial charge in [-0.2, -0.15) is 0 Å². The van der Waals surface area contributed by atoms with Gasteiger partial charge in [-0.3, -0.25) is 14.9 Å². The number of nitrogens with one attached hydrogen (secondary N) is 1. The van der Waals surface area contributed by atoms with Gasteiger partial charge in [-0.25, -0.2) is 4.98 Å². The highest BCUT2D eigenvalue weighted by Crippen LogP contribution is 2.21. The van der Waals surface area contributed by atoms with Crippen LogP contribution < -0.4 is 5.32 Å². The van der Waals surface area contributed by atoms with Crippen molar-refractivity contribution in [3.63, 3.8) is 0 Å². The van der Waals surface area contributed by atoms with Crippen molar-refractivity contribution in [2.75, 3.05) is 19.6 Å². The van der Waals surface area contributed by atoms with Crippen LogP contribution in [0.5, 0.6) is 0 Å². The molecule has 0 radical (unpaired) electrons. The molecule has 1 fully saturated rings. The number of rotatable bonds is 2. The molecular weight excluding hydrogens is 272 g/mol. The van der Waals surface area contributed by atoms with Crippen molar-refractivity contribution in [2.45, 2.75) is 13.0 Å². The first-order valence-electron chi connectivity index (χ1n) is 5.82. The highest BCUT2D eigenvalue weighted by Gasteiger charge is 2.27. The van der Waals surface area contributed by atoms with Crippen LogP contribution in [0, 0.1) is 10.1 Å². The van der Waals surface area contributed by atoms with E-state index < -0.39 is 4.92 Å². The Balaban J connectivity index is 2.32. The first-order valence-corrected chi connectivity index (χ1v) is 6.20. The van der Waals surface area contributed by atoms with Gasteiger partial charge in [0.25, 0.3) is 11.6 Å². The standard InChI is InChI=1S/C11H13ClN4O3/c1-7-5-13-2-3-15(7)11(17)9-4-8(16(18)19)6-14-10(9)12/h4,6-7,13H,2-3,5H2,1H3. The molecule has 0 saturated carbocycles. The summed E-state index contributed by atoms with van der Waals surface area (Å²) in [5.74, 6) is -0.324. The maximum atomic E-state index is 12.4. The quantitative estimate of drug-likeness (QED) is 0.499. The van der Waals surface area contributed by atoms with Gasteiger partial charge in [-0.05, 0) is 6.92 Å². The first kappa shape index (κ1) is 13.7. The van der Waals surface area contributed by atoms with Crippen molar-refractivity contribution < 1.29 is 9.72 Å². The average Bonchev–Trinajstić information content (AvgIpc) is 2.38. The molecule has 1 atom stereocenters. The molecule has 0 bridgehead atoms. The Morgan fingerprint density at radius 1 is 1.68 bits per heavy atom. The lowest BCUT2D eigenvalue weighted by atomic mass is 10.1. The molecule has 0 aromatic carbocycles. The van der Waals surface area contributed by atoms with E-state index in [2.05, 4.69) is 10.3 Å². The first-order chi connectivity index (χ1) is 9.00. The number of aromatic nitrogens is 1. The van der Waals surface area contributed by atoms with Crippen LogP contribution in [-0.4, -0.2) is 46.4 Å². The van der Waals surface area contributed by atoms with Crippen LogP contribution in [0.3, 0.4) is 0 Å². The second-order valence-electron chi connectivity index (χ2n) is 4.34. The lowest BCUT2D eigenvalue weighted by Crippen LogP contribution is -2.52. The molecule has 1 N–H and O–H groups in total. The number of hydrogen-bond donors (Lipinski definition) is 1. The summed E-state index contributed by atoms with van der Waals surface area (Å²) < 4.78 is 0. The van der Waals surface area contributed by atoms with Crippen molar-refractivity contribution in [3.8, 4) is 0 Å². The Kier molecular flexibility index (Phi) is 3.96. The van der Waals surface area contributed by atoms with Gasteiger partial charge in [0.15, 0.2) is 0 Å². The van der Waals surface area contributed by atoms with Crippen LogP contribution in [0.15, 0.2) is 12.3 Å². The van der Waals surface area contributed by atoms with Gasteiger partial charge >= 0.3 is 0 Å². The molecule has 19 heavy (non-hydrogen) atoms. The van der Waals surface area contributed by atoms with Crippen LogP contribution in [-0.2, 0) is 0 Å². The minimum atomic E-state index is -0.596. The highest BCUT2D eigenvalue weighted by atomic mass is 35.5. The van der Waals surface area contributed by atoms with E-state index in [9.17, 15) is 14.9 Å². The fourth-order valence-electron chi connectivity index (χ4n) is 1.98. The number of nitrogens with zero attached hydrogens (tertiary/aromatic N) is 3. The van der Waals surface area contributed by atoms with Crippen LogP contribution >= 0.6 is 11.6 Å². The molecule has 1 unspecified atom stereocenters. The Labute approximate surface area is 114 Å². The molecule has 1 aromatic rings. The molecule has 0 spiro atoms. The largest absolute Gasteiger partial charge is 0.333 e. The summed E-state index contributed by atoms with van der Waals surface area (Å²) in [6.45, 7) is 3.82. The van der Waals surface area contributed by atoms with Crippen molar-refractivity contribution in [1.29, 1.82) is 0 Å².